The SMILES string of the molecule is CC(C)NNC(Cc1ccc(F)cc1)c1ccccc1. The van der Waals surface area contributed by atoms with Gasteiger partial charge in [0.05, 0.1) is 6.04 Å². The van der Waals surface area contributed by atoms with Crippen LogP contribution in [-0.2, 0) is 6.42 Å². The first-order valence-electron chi connectivity index (χ1n) is 6.95. The molecule has 0 bridgehead atoms. The minimum atomic E-state index is -0.196. The Kier molecular flexibility index (Phi) is 5.27. The molecule has 106 valence electrons. The van der Waals surface area contributed by atoms with Crippen LogP contribution in [0.15, 0.2) is 54.6 Å². The summed E-state index contributed by atoms with van der Waals surface area (Å²) in [6.07, 6.45) is 0.810. The summed E-state index contributed by atoms with van der Waals surface area (Å²) < 4.78 is 13.0. The zero-order valence-electron chi connectivity index (χ0n) is 11.9. The van der Waals surface area contributed by atoms with Crippen LogP contribution in [0.4, 0.5) is 4.39 Å². The largest absolute Gasteiger partial charge is 0.255 e. The summed E-state index contributed by atoms with van der Waals surface area (Å²) in [6, 6.07) is 17.5. The van der Waals surface area contributed by atoms with Gasteiger partial charge in [-0.15, -0.1) is 0 Å². The van der Waals surface area contributed by atoms with Crippen LogP contribution in [0.5, 0.6) is 0 Å². The van der Waals surface area contributed by atoms with Crippen molar-refractivity contribution in [2.75, 3.05) is 0 Å². The molecule has 0 radical (unpaired) electrons. The molecule has 2 aromatic carbocycles. The van der Waals surface area contributed by atoms with Crippen LogP contribution in [0, 0.1) is 5.82 Å². The summed E-state index contributed by atoms with van der Waals surface area (Å²) in [5.41, 5.74) is 8.93. The Balaban J connectivity index is 2.12. The Morgan fingerprint density at radius 3 is 2.15 bits per heavy atom. The van der Waals surface area contributed by atoms with Crippen molar-refractivity contribution >= 4 is 0 Å². The Labute approximate surface area is 120 Å². The van der Waals surface area contributed by atoms with Gasteiger partial charge >= 0.3 is 0 Å². The fraction of sp³-hybridized carbons (Fsp3) is 0.294. The number of hydrogen-bond donors (Lipinski definition) is 2. The second-order valence-electron chi connectivity index (χ2n) is 5.24. The standard InChI is InChI=1S/C17H21FN2/c1-13(2)19-20-17(15-6-4-3-5-7-15)12-14-8-10-16(18)11-9-14/h3-11,13,17,19-20H,12H2,1-2H3. The van der Waals surface area contributed by atoms with E-state index in [1.54, 1.807) is 0 Å². The molecule has 2 rings (SSSR count). The number of hydrogen-bond acceptors (Lipinski definition) is 2. The van der Waals surface area contributed by atoms with Gasteiger partial charge in [-0.05, 0) is 43.5 Å². The number of rotatable bonds is 6. The van der Waals surface area contributed by atoms with Crippen molar-refractivity contribution in [2.45, 2.75) is 32.4 Å². The summed E-state index contributed by atoms with van der Waals surface area (Å²) in [4.78, 5) is 0. The number of nitrogens with one attached hydrogen (secondary N) is 2. The van der Waals surface area contributed by atoms with Gasteiger partial charge < -0.3 is 0 Å². The fourth-order valence-electron chi connectivity index (χ4n) is 2.06. The second-order valence-corrected chi connectivity index (χ2v) is 5.24. The van der Waals surface area contributed by atoms with E-state index in [4.69, 9.17) is 0 Å². The smallest absolute Gasteiger partial charge is 0.123 e. The molecule has 0 amide bonds. The molecule has 1 atom stereocenters. The molecule has 0 saturated carbocycles. The van der Waals surface area contributed by atoms with Gasteiger partial charge in [0.2, 0.25) is 0 Å². The zero-order chi connectivity index (χ0) is 14.4. The first-order valence-corrected chi connectivity index (χ1v) is 6.95. The highest BCUT2D eigenvalue weighted by Gasteiger charge is 2.12. The maximum atomic E-state index is 13.0. The molecule has 0 spiro atoms. The molecule has 0 heterocycles. The maximum absolute atomic E-state index is 13.0. The lowest BCUT2D eigenvalue weighted by molar-refractivity contribution is 0.399. The summed E-state index contributed by atoms with van der Waals surface area (Å²) in [5, 5.41) is 0. The number of halogens is 1. The Bertz CT molecular complexity index is 508. The van der Waals surface area contributed by atoms with Gasteiger partial charge in [-0.3, -0.25) is 5.43 Å². The molecule has 0 saturated heterocycles. The topological polar surface area (TPSA) is 24.1 Å². The van der Waals surface area contributed by atoms with Gasteiger partial charge in [0.15, 0.2) is 0 Å². The molecule has 0 fully saturated rings. The van der Waals surface area contributed by atoms with Crippen LogP contribution in [-0.4, -0.2) is 6.04 Å². The summed E-state index contributed by atoms with van der Waals surface area (Å²) in [7, 11) is 0. The third-order valence-corrected chi connectivity index (χ3v) is 3.10. The summed E-state index contributed by atoms with van der Waals surface area (Å²) in [5.74, 6) is -0.196. The predicted molar refractivity (Wildman–Crippen MR) is 80.7 cm³/mol. The molecular weight excluding hydrogens is 251 g/mol. The van der Waals surface area contributed by atoms with E-state index < -0.39 is 0 Å². The quantitative estimate of drug-likeness (QED) is 0.785. The van der Waals surface area contributed by atoms with Gasteiger partial charge in [-0.2, -0.15) is 0 Å². The molecule has 0 aromatic heterocycles. The van der Waals surface area contributed by atoms with E-state index in [1.165, 1.54) is 17.7 Å². The van der Waals surface area contributed by atoms with Crippen LogP contribution in [0.1, 0.15) is 31.0 Å². The molecule has 0 aliphatic rings. The molecule has 3 heteroatoms. The number of benzene rings is 2. The Hall–Kier alpha value is -1.71. The number of hydrazine groups is 1. The third-order valence-electron chi connectivity index (χ3n) is 3.10. The van der Waals surface area contributed by atoms with Crippen LogP contribution in [0.25, 0.3) is 0 Å². The highest BCUT2D eigenvalue weighted by atomic mass is 19.1. The van der Waals surface area contributed by atoms with E-state index in [1.807, 2.05) is 30.3 Å². The van der Waals surface area contributed by atoms with Crippen LogP contribution in [0.3, 0.4) is 0 Å². The minimum Gasteiger partial charge on any atom is -0.255 e. The predicted octanol–water partition coefficient (Wildman–Crippen LogP) is 3.61. The van der Waals surface area contributed by atoms with E-state index in [0.29, 0.717) is 6.04 Å². The first kappa shape index (κ1) is 14.7. The Morgan fingerprint density at radius 1 is 0.900 bits per heavy atom. The molecular formula is C17H21FN2. The molecule has 2 nitrogen and oxygen atoms in total. The molecule has 0 aliphatic carbocycles. The molecule has 2 N–H and O–H groups in total. The average molecular weight is 272 g/mol. The van der Waals surface area contributed by atoms with E-state index in [2.05, 4.69) is 36.8 Å². The first-order chi connectivity index (χ1) is 9.65. The van der Waals surface area contributed by atoms with Gasteiger partial charge in [0.1, 0.15) is 5.82 Å². The molecule has 1 unspecified atom stereocenters. The monoisotopic (exact) mass is 272 g/mol. The van der Waals surface area contributed by atoms with E-state index in [-0.39, 0.29) is 11.9 Å². The average Bonchev–Trinajstić information content (AvgIpc) is 2.46. The van der Waals surface area contributed by atoms with E-state index in [0.717, 1.165) is 12.0 Å². The van der Waals surface area contributed by atoms with Crippen molar-refractivity contribution in [1.29, 1.82) is 0 Å². The van der Waals surface area contributed by atoms with Gasteiger partial charge in [-0.1, -0.05) is 42.5 Å². The fourth-order valence-corrected chi connectivity index (χ4v) is 2.06. The maximum Gasteiger partial charge on any atom is 0.123 e. The van der Waals surface area contributed by atoms with Crippen LogP contribution in [0.2, 0.25) is 0 Å². The van der Waals surface area contributed by atoms with Crippen molar-refractivity contribution in [3.05, 3.63) is 71.5 Å². The van der Waals surface area contributed by atoms with E-state index in [9.17, 15) is 4.39 Å². The van der Waals surface area contributed by atoms with Gasteiger partial charge in [-0.25, -0.2) is 9.82 Å². The summed E-state index contributed by atoms with van der Waals surface area (Å²) in [6.45, 7) is 4.18. The third kappa shape index (κ3) is 4.44. The Morgan fingerprint density at radius 2 is 1.55 bits per heavy atom. The summed E-state index contributed by atoms with van der Waals surface area (Å²) >= 11 is 0. The van der Waals surface area contributed by atoms with Crippen molar-refractivity contribution in [3.63, 3.8) is 0 Å². The van der Waals surface area contributed by atoms with Gasteiger partial charge in [0.25, 0.3) is 0 Å². The highest BCUT2D eigenvalue weighted by Crippen LogP contribution is 2.18. The van der Waals surface area contributed by atoms with Crippen molar-refractivity contribution in [3.8, 4) is 0 Å². The molecule has 0 aliphatic heterocycles. The minimum absolute atomic E-state index is 0.157. The van der Waals surface area contributed by atoms with Crippen molar-refractivity contribution in [1.82, 2.24) is 10.9 Å². The van der Waals surface area contributed by atoms with Crippen molar-refractivity contribution in [2.24, 2.45) is 0 Å². The highest BCUT2D eigenvalue weighted by molar-refractivity contribution is 5.24. The molecule has 20 heavy (non-hydrogen) atoms. The van der Waals surface area contributed by atoms with Gasteiger partial charge in [0, 0.05) is 6.04 Å². The lowest BCUT2D eigenvalue weighted by Crippen LogP contribution is -2.40. The normalized spacial score (nSPS) is 12.6. The zero-order valence-corrected chi connectivity index (χ0v) is 11.9. The second kappa shape index (κ2) is 7.17. The van der Waals surface area contributed by atoms with Crippen LogP contribution >= 0.6 is 0 Å². The lowest BCUT2D eigenvalue weighted by atomic mass is 9.99. The van der Waals surface area contributed by atoms with E-state index >= 15 is 0 Å². The lowest BCUT2D eigenvalue weighted by Gasteiger charge is -2.21. The van der Waals surface area contributed by atoms with Crippen molar-refractivity contribution < 1.29 is 4.39 Å². The van der Waals surface area contributed by atoms with Crippen LogP contribution < -0.4 is 10.9 Å². The molecule has 2 aromatic rings.